The highest BCUT2D eigenvalue weighted by Gasteiger charge is 2.17. The van der Waals surface area contributed by atoms with Crippen LogP contribution in [-0.4, -0.2) is 28.7 Å². The zero-order chi connectivity index (χ0) is 19.3. The first-order chi connectivity index (χ1) is 13.7. The summed E-state index contributed by atoms with van der Waals surface area (Å²) >= 11 is 0. The van der Waals surface area contributed by atoms with E-state index in [-0.39, 0.29) is 25.5 Å². The third kappa shape index (κ3) is 3.93. The number of carbonyl (C=O) groups is 2. The molecule has 9 heteroatoms. The van der Waals surface area contributed by atoms with Gasteiger partial charge < -0.3 is 14.0 Å². The number of hydrogen-bond acceptors (Lipinski definition) is 7. The first-order valence-electron chi connectivity index (χ1n) is 8.56. The van der Waals surface area contributed by atoms with Crippen LogP contribution >= 0.6 is 0 Å². The molecule has 0 aliphatic carbocycles. The molecule has 2 aromatic carbocycles. The van der Waals surface area contributed by atoms with Crippen LogP contribution in [-0.2, 0) is 11.2 Å². The highest BCUT2D eigenvalue weighted by atomic mass is 16.7. The van der Waals surface area contributed by atoms with Gasteiger partial charge in [-0.1, -0.05) is 35.5 Å². The van der Waals surface area contributed by atoms with Crippen molar-refractivity contribution in [2.45, 2.75) is 12.8 Å². The van der Waals surface area contributed by atoms with Gasteiger partial charge in [0.15, 0.2) is 11.5 Å². The minimum atomic E-state index is -0.462. The van der Waals surface area contributed by atoms with E-state index in [2.05, 4.69) is 21.0 Å². The lowest BCUT2D eigenvalue weighted by molar-refractivity contribution is -0.121. The van der Waals surface area contributed by atoms with Crippen molar-refractivity contribution in [1.82, 2.24) is 21.0 Å². The molecule has 0 spiro atoms. The molecule has 2 N–H and O–H groups in total. The maximum atomic E-state index is 12.1. The summed E-state index contributed by atoms with van der Waals surface area (Å²) in [6.07, 6.45) is 0.337. The number of fused-ring (bicyclic) bond motifs is 1. The van der Waals surface area contributed by atoms with Gasteiger partial charge >= 0.3 is 0 Å². The number of amides is 2. The van der Waals surface area contributed by atoms with Crippen LogP contribution in [0.25, 0.3) is 11.4 Å². The van der Waals surface area contributed by atoms with Crippen molar-refractivity contribution in [3.05, 3.63) is 60.0 Å². The standard InChI is InChI=1S/C19H16N4O5/c24-16(8-9-17-20-18(23-28-17)12-4-2-1-3-5-12)21-22-19(25)13-6-7-14-15(10-13)27-11-26-14/h1-7,10H,8-9,11H2,(H,21,24)(H,22,25). The van der Waals surface area contributed by atoms with Gasteiger partial charge in [-0.25, -0.2) is 0 Å². The van der Waals surface area contributed by atoms with Crippen molar-refractivity contribution in [3.8, 4) is 22.9 Å². The van der Waals surface area contributed by atoms with Crippen molar-refractivity contribution in [1.29, 1.82) is 0 Å². The molecular weight excluding hydrogens is 364 g/mol. The number of nitrogens with one attached hydrogen (secondary N) is 2. The minimum absolute atomic E-state index is 0.0812. The molecule has 9 nitrogen and oxygen atoms in total. The van der Waals surface area contributed by atoms with Gasteiger partial charge in [-0.05, 0) is 18.2 Å². The number of aryl methyl sites for hydroxylation is 1. The van der Waals surface area contributed by atoms with Gasteiger partial charge in [0.05, 0.1) is 0 Å². The van der Waals surface area contributed by atoms with Gasteiger partial charge in [0.2, 0.25) is 24.4 Å². The molecule has 28 heavy (non-hydrogen) atoms. The Morgan fingerprint density at radius 2 is 1.82 bits per heavy atom. The lowest BCUT2D eigenvalue weighted by Crippen LogP contribution is -2.41. The molecule has 142 valence electrons. The molecule has 3 aromatic rings. The Morgan fingerprint density at radius 3 is 2.68 bits per heavy atom. The topological polar surface area (TPSA) is 116 Å². The van der Waals surface area contributed by atoms with E-state index in [0.29, 0.717) is 28.8 Å². The lowest BCUT2D eigenvalue weighted by Gasteiger charge is -2.07. The fourth-order valence-electron chi connectivity index (χ4n) is 2.58. The summed E-state index contributed by atoms with van der Waals surface area (Å²) in [7, 11) is 0. The molecule has 0 saturated heterocycles. The van der Waals surface area contributed by atoms with E-state index in [9.17, 15) is 9.59 Å². The van der Waals surface area contributed by atoms with E-state index < -0.39 is 5.91 Å². The fraction of sp³-hybridized carbons (Fsp3) is 0.158. The highest BCUT2D eigenvalue weighted by molar-refractivity contribution is 5.96. The number of hydrazine groups is 1. The van der Waals surface area contributed by atoms with E-state index in [1.165, 1.54) is 0 Å². The normalized spacial score (nSPS) is 11.9. The summed E-state index contributed by atoms with van der Waals surface area (Å²) in [4.78, 5) is 28.3. The Bertz CT molecular complexity index is 1000. The molecule has 1 aliphatic heterocycles. The third-order valence-corrected chi connectivity index (χ3v) is 4.02. The van der Waals surface area contributed by atoms with Crippen LogP contribution in [0.4, 0.5) is 0 Å². The molecule has 4 rings (SSSR count). The van der Waals surface area contributed by atoms with Gasteiger partial charge in [0.1, 0.15) is 0 Å². The second-order valence-electron chi connectivity index (χ2n) is 5.95. The average Bonchev–Trinajstić information content (AvgIpc) is 3.40. The maximum absolute atomic E-state index is 12.1. The predicted octanol–water partition coefficient (Wildman–Crippen LogP) is 1.86. The number of nitrogens with zero attached hydrogens (tertiary/aromatic N) is 2. The molecule has 0 unspecified atom stereocenters. The van der Waals surface area contributed by atoms with E-state index in [1.54, 1.807) is 18.2 Å². The number of ether oxygens (including phenoxy) is 2. The molecule has 1 aliphatic rings. The summed E-state index contributed by atoms with van der Waals surface area (Å²) in [5.41, 5.74) is 5.89. The molecule has 2 heterocycles. The largest absolute Gasteiger partial charge is 0.454 e. The van der Waals surface area contributed by atoms with Crippen LogP contribution in [0.1, 0.15) is 22.7 Å². The van der Waals surface area contributed by atoms with Crippen LogP contribution < -0.4 is 20.3 Å². The first kappa shape index (κ1) is 17.5. The molecule has 0 fully saturated rings. The summed E-state index contributed by atoms with van der Waals surface area (Å²) in [6, 6.07) is 14.2. The number of carbonyl (C=O) groups excluding carboxylic acids is 2. The zero-order valence-corrected chi connectivity index (χ0v) is 14.7. The van der Waals surface area contributed by atoms with Gasteiger partial charge in [-0.15, -0.1) is 0 Å². The Labute approximate surface area is 159 Å². The smallest absolute Gasteiger partial charge is 0.269 e. The molecular formula is C19H16N4O5. The van der Waals surface area contributed by atoms with Gasteiger partial charge in [-0.3, -0.25) is 20.4 Å². The number of benzene rings is 2. The van der Waals surface area contributed by atoms with E-state index in [4.69, 9.17) is 14.0 Å². The molecule has 2 amide bonds. The average molecular weight is 380 g/mol. The van der Waals surface area contributed by atoms with Crippen LogP contribution in [0.3, 0.4) is 0 Å². The van der Waals surface area contributed by atoms with Crippen LogP contribution in [0.5, 0.6) is 11.5 Å². The van der Waals surface area contributed by atoms with Crippen molar-refractivity contribution >= 4 is 11.8 Å². The Kier molecular flexibility index (Phi) is 4.87. The number of hydrogen-bond donors (Lipinski definition) is 2. The molecule has 1 aromatic heterocycles. The van der Waals surface area contributed by atoms with Crippen LogP contribution in [0, 0.1) is 0 Å². The lowest BCUT2D eigenvalue weighted by atomic mass is 10.2. The van der Waals surface area contributed by atoms with E-state index in [1.807, 2.05) is 30.3 Å². The van der Waals surface area contributed by atoms with E-state index >= 15 is 0 Å². The molecule has 0 radical (unpaired) electrons. The Hall–Kier alpha value is -3.88. The summed E-state index contributed by atoms with van der Waals surface area (Å²) in [5.74, 6) is 1.03. The fourth-order valence-corrected chi connectivity index (χ4v) is 2.58. The molecule has 0 saturated carbocycles. The van der Waals surface area contributed by atoms with Crippen molar-refractivity contribution in [2.24, 2.45) is 0 Å². The van der Waals surface area contributed by atoms with Crippen molar-refractivity contribution in [2.75, 3.05) is 6.79 Å². The van der Waals surface area contributed by atoms with Crippen molar-refractivity contribution < 1.29 is 23.6 Å². The van der Waals surface area contributed by atoms with E-state index in [0.717, 1.165) is 5.56 Å². The maximum Gasteiger partial charge on any atom is 0.269 e. The van der Waals surface area contributed by atoms with Gasteiger partial charge in [0, 0.05) is 24.0 Å². The second kappa shape index (κ2) is 7.78. The Balaban J connectivity index is 1.26. The van der Waals surface area contributed by atoms with Gasteiger partial charge in [0.25, 0.3) is 5.91 Å². The highest BCUT2D eigenvalue weighted by Crippen LogP contribution is 2.32. The van der Waals surface area contributed by atoms with Gasteiger partial charge in [-0.2, -0.15) is 4.98 Å². The zero-order valence-electron chi connectivity index (χ0n) is 14.7. The molecule has 0 bridgehead atoms. The van der Waals surface area contributed by atoms with Crippen LogP contribution in [0.2, 0.25) is 0 Å². The SMILES string of the molecule is O=C(CCc1nc(-c2ccccc2)no1)NNC(=O)c1ccc2c(c1)OCO2. The minimum Gasteiger partial charge on any atom is -0.454 e. The Morgan fingerprint density at radius 1 is 1.00 bits per heavy atom. The predicted molar refractivity (Wildman–Crippen MR) is 96.2 cm³/mol. The number of aromatic nitrogens is 2. The second-order valence-corrected chi connectivity index (χ2v) is 5.95. The summed E-state index contributed by atoms with van der Waals surface area (Å²) in [6.45, 7) is 0.124. The third-order valence-electron chi connectivity index (χ3n) is 4.02. The monoisotopic (exact) mass is 380 g/mol. The van der Waals surface area contributed by atoms with Crippen LogP contribution in [0.15, 0.2) is 53.1 Å². The summed E-state index contributed by atoms with van der Waals surface area (Å²) < 4.78 is 15.6. The quantitative estimate of drug-likeness (QED) is 0.649. The van der Waals surface area contributed by atoms with Crippen molar-refractivity contribution in [3.63, 3.8) is 0 Å². The first-order valence-corrected chi connectivity index (χ1v) is 8.56. The summed E-state index contributed by atoms with van der Waals surface area (Å²) in [5, 5.41) is 3.90. The molecule has 0 atom stereocenters. The number of rotatable bonds is 5.